The van der Waals surface area contributed by atoms with Crippen molar-refractivity contribution < 1.29 is 23.9 Å². The van der Waals surface area contributed by atoms with E-state index in [0.29, 0.717) is 24.3 Å². The number of rotatable bonds is 9. The molecule has 1 N–H and O–H groups in total. The van der Waals surface area contributed by atoms with Gasteiger partial charge in [0.25, 0.3) is 11.8 Å². The quantitative estimate of drug-likeness (QED) is 0.152. The maximum atomic E-state index is 13.3. The molecule has 0 aliphatic carbocycles. The van der Waals surface area contributed by atoms with Crippen molar-refractivity contribution in [2.24, 2.45) is 5.92 Å². The van der Waals surface area contributed by atoms with Crippen molar-refractivity contribution in [2.75, 3.05) is 11.9 Å². The van der Waals surface area contributed by atoms with Crippen LogP contribution in [0.15, 0.2) is 24.3 Å². The number of amides is 3. The second-order valence-electron chi connectivity index (χ2n) is 8.70. The predicted octanol–water partition coefficient (Wildman–Crippen LogP) is 6.91. The van der Waals surface area contributed by atoms with Gasteiger partial charge in [0.1, 0.15) is 6.04 Å². The Balaban J connectivity index is 1.85. The molecule has 0 radical (unpaired) electrons. The van der Waals surface area contributed by atoms with Crippen molar-refractivity contribution in [3.8, 4) is 0 Å². The summed E-state index contributed by atoms with van der Waals surface area (Å²) in [5, 5.41) is 2.02. The van der Waals surface area contributed by atoms with Gasteiger partial charge in [0.05, 0.1) is 43.4 Å². The van der Waals surface area contributed by atoms with E-state index in [1.807, 2.05) is 20.8 Å². The van der Waals surface area contributed by atoms with E-state index in [4.69, 9.17) is 51.1 Å². The summed E-state index contributed by atoms with van der Waals surface area (Å²) in [5.41, 5.74) is 0.342. The van der Waals surface area contributed by atoms with E-state index in [1.165, 1.54) is 24.3 Å². The van der Waals surface area contributed by atoms with Gasteiger partial charge in [0.15, 0.2) is 0 Å². The van der Waals surface area contributed by atoms with Crippen LogP contribution in [0.4, 0.5) is 5.69 Å². The highest BCUT2D eigenvalue weighted by molar-refractivity contribution is 6.55. The van der Waals surface area contributed by atoms with Crippen LogP contribution in [0.1, 0.15) is 71.1 Å². The topological polar surface area (TPSA) is 92.8 Å². The zero-order chi connectivity index (χ0) is 26.7. The molecule has 11 heteroatoms. The van der Waals surface area contributed by atoms with Crippen LogP contribution in [-0.4, -0.2) is 41.2 Å². The van der Waals surface area contributed by atoms with Gasteiger partial charge >= 0.3 is 5.97 Å². The lowest BCUT2D eigenvalue weighted by Crippen LogP contribution is -2.47. The minimum absolute atomic E-state index is 0.147. The van der Waals surface area contributed by atoms with E-state index in [-0.39, 0.29) is 43.6 Å². The van der Waals surface area contributed by atoms with Gasteiger partial charge in [-0.05, 0) is 36.6 Å². The van der Waals surface area contributed by atoms with Gasteiger partial charge in [-0.3, -0.25) is 19.3 Å². The Bertz CT molecular complexity index is 1170. The van der Waals surface area contributed by atoms with Crippen LogP contribution in [0.25, 0.3) is 0 Å². The van der Waals surface area contributed by atoms with E-state index in [9.17, 15) is 19.2 Å². The maximum absolute atomic E-state index is 13.3. The van der Waals surface area contributed by atoms with Crippen molar-refractivity contribution in [1.82, 2.24) is 4.90 Å². The molecule has 1 heterocycles. The highest BCUT2D eigenvalue weighted by atomic mass is 35.5. The first kappa shape index (κ1) is 28.3. The number of fused-ring (bicyclic) bond motifs is 1. The Morgan fingerprint density at radius 2 is 1.44 bits per heavy atom. The fourth-order valence-electron chi connectivity index (χ4n) is 3.67. The van der Waals surface area contributed by atoms with Gasteiger partial charge in [-0.2, -0.15) is 0 Å². The third-order valence-electron chi connectivity index (χ3n) is 5.51. The van der Waals surface area contributed by atoms with Gasteiger partial charge in [-0.15, -0.1) is 0 Å². The van der Waals surface area contributed by atoms with E-state index < -0.39 is 29.7 Å². The second kappa shape index (κ2) is 11.8. The number of nitrogens with one attached hydrogen (secondary N) is 1. The first-order valence-corrected chi connectivity index (χ1v) is 12.8. The maximum Gasteiger partial charge on any atom is 0.338 e. The highest BCUT2D eigenvalue weighted by Gasteiger charge is 2.46. The third-order valence-corrected chi connectivity index (χ3v) is 7.32. The number of benzene rings is 2. The molecule has 1 aliphatic rings. The first-order valence-electron chi connectivity index (χ1n) is 11.3. The summed E-state index contributed by atoms with van der Waals surface area (Å²) in [6, 6.07) is 4.97. The molecule has 0 spiro atoms. The largest absolute Gasteiger partial charge is 0.462 e. The summed E-state index contributed by atoms with van der Waals surface area (Å²) in [6.07, 6.45) is 1.50. The molecule has 0 fully saturated rings. The number of imide groups is 1. The summed E-state index contributed by atoms with van der Waals surface area (Å²) in [7, 11) is 0. The third kappa shape index (κ3) is 5.65. The van der Waals surface area contributed by atoms with Crippen molar-refractivity contribution in [3.63, 3.8) is 0 Å². The Morgan fingerprint density at radius 3 is 1.92 bits per heavy atom. The number of nitrogens with zero attached hydrogens (tertiary/aromatic N) is 1. The Morgan fingerprint density at radius 1 is 0.917 bits per heavy atom. The van der Waals surface area contributed by atoms with Crippen molar-refractivity contribution in [2.45, 2.75) is 46.1 Å². The van der Waals surface area contributed by atoms with Crippen LogP contribution < -0.4 is 5.32 Å². The Hall–Kier alpha value is -2.32. The smallest absolute Gasteiger partial charge is 0.338 e. The van der Waals surface area contributed by atoms with Gasteiger partial charge in [0.2, 0.25) is 5.91 Å². The van der Waals surface area contributed by atoms with E-state index in [1.54, 1.807) is 0 Å². The van der Waals surface area contributed by atoms with Crippen LogP contribution in [0.3, 0.4) is 0 Å². The Labute approximate surface area is 229 Å². The lowest BCUT2D eigenvalue weighted by atomic mass is 10.1. The number of carbonyl (C=O) groups is 4. The number of esters is 1. The van der Waals surface area contributed by atoms with Crippen LogP contribution in [0.2, 0.25) is 20.1 Å². The summed E-state index contributed by atoms with van der Waals surface area (Å²) in [5.74, 6) is -2.41. The van der Waals surface area contributed by atoms with E-state index >= 15 is 0 Å². The molecule has 36 heavy (non-hydrogen) atoms. The molecule has 7 nitrogen and oxygen atoms in total. The number of halogens is 4. The molecule has 192 valence electrons. The summed E-state index contributed by atoms with van der Waals surface area (Å²) in [4.78, 5) is 52.8. The molecule has 0 bridgehead atoms. The van der Waals surface area contributed by atoms with E-state index in [2.05, 4.69) is 5.32 Å². The molecule has 0 saturated carbocycles. The first-order chi connectivity index (χ1) is 17.0. The minimum atomic E-state index is -1.14. The summed E-state index contributed by atoms with van der Waals surface area (Å²) < 4.78 is 5.20. The monoisotopic (exact) mass is 572 g/mol. The molecule has 1 aliphatic heterocycles. The molecule has 2 aromatic carbocycles. The summed E-state index contributed by atoms with van der Waals surface area (Å²) >= 11 is 24.6. The zero-order valence-corrected chi connectivity index (χ0v) is 22.8. The zero-order valence-electron chi connectivity index (χ0n) is 19.8. The fourth-order valence-corrected chi connectivity index (χ4v) is 4.68. The molecule has 2 aromatic rings. The van der Waals surface area contributed by atoms with Gasteiger partial charge in [-0.25, -0.2) is 4.79 Å². The SMILES string of the molecule is CCCC[C@H](C(=O)Nc1ccc(C(=O)OCC(C)C)cc1)N1C(=O)c2c(Cl)c(Cl)c(Cl)c(Cl)c2C1=O. The number of unbranched alkanes of at least 4 members (excludes halogenated alkanes) is 1. The lowest BCUT2D eigenvalue weighted by Gasteiger charge is -2.25. The lowest BCUT2D eigenvalue weighted by molar-refractivity contribution is -0.120. The van der Waals surface area contributed by atoms with Crippen LogP contribution >= 0.6 is 46.4 Å². The van der Waals surface area contributed by atoms with Crippen LogP contribution in [0.5, 0.6) is 0 Å². The number of anilines is 1. The molecule has 0 aromatic heterocycles. The van der Waals surface area contributed by atoms with Crippen LogP contribution in [0, 0.1) is 5.92 Å². The molecule has 3 rings (SSSR count). The molecular formula is C25H24Cl4N2O5. The standard InChI is InChI=1S/C25H24Cl4N2O5/c1-4-5-6-15(22(32)30-14-9-7-13(8-10-14)25(35)36-11-12(2)3)31-23(33)16-17(24(31)34)19(27)21(29)20(28)18(16)26/h7-10,12,15H,4-6,11H2,1-3H3,(H,30,32)/t15-/m1/s1. The number of hydrogen-bond donors (Lipinski definition) is 1. The van der Waals surface area contributed by atoms with Gasteiger partial charge in [0, 0.05) is 5.69 Å². The fraction of sp³-hybridized carbons (Fsp3) is 0.360. The molecule has 1 atom stereocenters. The molecule has 3 amide bonds. The van der Waals surface area contributed by atoms with Gasteiger partial charge in [-0.1, -0.05) is 80.0 Å². The predicted molar refractivity (Wildman–Crippen MR) is 140 cm³/mol. The average Bonchev–Trinajstić information content (AvgIpc) is 3.10. The molecular weight excluding hydrogens is 550 g/mol. The van der Waals surface area contributed by atoms with Crippen molar-refractivity contribution >= 4 is 75.8 Å². The number of carbonyl (C=O) groups excluding carboxylic acids is 4. The Kier molecular flexibility index (Phi) is 9.28. The van der Waals surface area contributed by atoms with Crippen LogP contribution in [-0.2, 0) is 9.53 Å². The molecule has 0 saturated heterocycles. The van der Waals surface area contributed by atoms with E-state index in [0.717, 1.165) is 11.3 Å². The van der Waals surface area contributed by atoms with Gasteiger partial charge < -0.3 is 10.1 Å². The van der Waals surface area contributed by atoms with Crippen molar-refractivity contribution in [1.29, 1.82) is 0 Å². The normalized spacial score (nSPS) is 13.7. The second-order valence-corrected chi connectivity index (χ2v) is 10.2. The summed E-state index contributed by atoms with van der Waals surface area (Å²) in [6.45, 7) is 6.07. The highest BCUT2D eigenvalue weighted by Crippen LogP contribution is 2.45. The van der Waals surface area contributed by atoms with Crippen molar-refractivity contribution in [3.05, 3.63) is 61.0 Å². The molecule has 0 unspecified atom stereocenters. The average molecular weight is 574 g/mol. The number of hydrogen-bond acceptors (Lipinski definition) is 5. The minimum Gasteiger partial charge on any atom is -0.462 e. The number of ether oxygens (including phenoxy) is 1.